The first-order chi connectivity index (χ1) is 12.3. The molecule has 1 N–H and O–H groups in total. The Morgan fingerprint density at radius 2 is 2.04 bits per heavy atom. The molecule has 0 bridgehead atoms. The van der Waals surface area contributed by atoms with Crippen molar-refractivity contribution in [1.29, 1.82) is 5.26 Å². The summed E-state index contributed by atoms with van der Waals surface area (Å²) in [6, 6.07) is 9.19. The van der Waals surface area contributed by atoms with E-state index >= 15 is 0 Å². The van der Waals surface area contributed by atoms with E-state index in [4.69, 9.17) is 9.47 Å². The van der Waals surface area contributed by atoms with Crippen LogP contribution in [0.2, 0.25) is 0 Å². The van der Waals surface area contributed by atoms with Crippen molar-refractivity contribution >= 4 is 12.0 Å². The Labute approximate surface area is 152 Å². The highest BCUT2D eigenvalue weighted by Crippen LogP contribution is 2.34. The molecular formula is C19H23N3O4. The zero-order valence-corrected chi connectivity index (χ0v) is 15.2. The van der Waals surface area contributed by atoms with E-state index in [-0.39, 0.29) is 25.6 Å². The summed E-state index contributed by atoms with van der Waals surface area (Å²) in [5.41, 5.74) is 0.242. The summed E-state index contributed by atoms with van der Waals surface area (Å²) in [6.45, 7) is 6.16. The molecule has 3 atom stereocenters. The number of amides is 2. The Bertz CT molecular complexity index is 750. The van der Waals surface area contributed by atoms with Gasteiger partial charge in [0.2, 0.25) is 5.91 Å². The van der Waals surface area contributed by atoms with E-state index in [1.807, 2.05) is 24.3 Å². The van der Waals surface area contributed by atoms with Crippen LogP contribution in [0.3, 0.4) is 0 Å². The summed E-state index contributed by atoms with van der Waals surface area (Å²) < 4.78 is 10.9. The fourth-order valence-electron chi connectivity index (χ4n) is 3.22. The predicted molar refractivity (Wildman–Crippen MR) is 93.5 cm³/mol. The van der Waals surface area contributed by atoms with Crippen molar-refractivity contribution in [2.45, 2.75) is 38.3 Å². The Morgan fingerprint density at radius 3 is 2.73 bits per heavy atom. The number of nitrogens with one attached hydrogen (secondary N) is 1. The highest BCUT2D eigenvalue weighted by molar-refractivity contribution is 5.86. The third kappa shape index (κ3) is 3.74. The predicted octanol–water partition coefficient (Wildman–Crippen LogP) is 2.04. The largest absolute Gasteiger partial charge is 0.492 e. The zero-order chi connectivity index (χ0) is 18.9. The molecule has 0 aliphatic carbocycles. The standard InChI is InChI=1S/C19H23N3O4/c1-19(2,3)26-18(24)22-9-12(8-20)15(10-22)21-17(23)14-11-25-16-7-5-4-6-13(14)16/h4-7,12,14-15H,9-11H2,1-3H3,(H,21,23)/t12-,14-,15+/m0/s1. The number of rotatable bonds is 2. The summed E-state index contributed by atoms with van der Waals surface area (Å²) in [5.74, 6) is -0.345. The van der Waals surface area contributed by atoms with Crippen LogP contribution in [0.15, 0.2) is 24.3 Å². The lowest BCUT2D eigenvalue weighted by atomic mass is 9.99. The number of ether oxygens (including phenoxy) is 2. The molecule has 0 aromatic heterocycles. The van der Waals surface area contributed by atoms with Crippen LogP contribution < -0.4 is 10.1 Å². The van der Waals surface area contributed by atoms with Crippen molar-refractivity contribution in [3.05, 3.63) is 29.8 Å². The first-order valence-electron chi connectivity index (χ1n) is 8.68. The monoisotopic (exact) mass is 357 g/mol. The molecule has 2 heterocycles. The maximum Gasteiger partial charge on any atom is 0.410 e. The summed E-state index contributed by atoms with van der Waals surface area (Å²) in [4.78, 5) is 26.4. The molecule has 1 saturated heterocycles. The Morgan fingerprint density at radius 1 is 1.31 bits per heavy atom. The molecule has 3 rings (SSSR count). The molecule has 0 saturated carbocycles. The summed E-state index contributed by atoms with van der Waals surface area (Å²) >= 11 is 0. The van der Waals surface area contributed by atoms with Gasteiger partial charge in [-0.2, -0.15) is 5.26 Å². The summed E-state index contributed by atoms with van der Waals surface area (Å²) in [7, 11) is 0. The molecule has 0 spiro atoms. The molecule has 138 valence electrons. The molecule has 2 aliphatic rings. The van der Waals surface area contributed by atoms with Gasteiger partial charge in [-0.25, -0.2) is 4.79 Å². The second-order valence-corrected chi connectivity index (χ2v) is 7.64. The van der Waals surface area contributed by atoms with Crippen molar-refractivity contribution in [1.82, 2.24) is 10.2 Å². The fourth-order valence-corrected chi connectivity index (χ4v) is 3.22. The van der Waals surface area contributed by atoms with Crippen molar-refractivity contribution in [3.63, 3.8) is 0 Å². The van der Waals surface area contributed by atoms with Crippen molar-refractivity contribution < 1.29 is 19.1 Å². The van der Waals surface area contributed by atoms with Crippen LogP contribution in [0.25, 0.3) is 0 Å². The van der Waals surface area contributed by atoms with Gasteiger partial charge in [-0.3, -0.25) is 4.79 Å². The smallest absolute Gasteiger partial charge is 0.410 e. The second kappa shape index (κ2) is 6.87. The van der Waals surface area contributed by atoms with E-state index in [0.717, 1.165) is 5.56 Å². The van der Waals surface area contributed by atoms with Crippen molar-refractivity contribution in [3.8, 4) is 11.8 Å². The van der Waals surface area contributed by atoms with Gasteiger partial charge < -0.3 is 19.7 Å². The molecule has 1 aromatic rings. The number of hydrogen-bond acceptors (Lipinski definition) is 5. The lowest BCUT2D eigenvalue weighted by Gasteiger charge is -2.24. The van der Waals surface area contributed by atoms with Gasteiger partial charge >= 0.3 is 6.09 Å². The van der Waals surface area contributed by atoms with Crippen molar-refractivity contribution in [2.75, 3.05) is 19.7 Å². The number of fused-ring (bicyclic) bond motifs is 1. The number of carbonyl (C=O) groups is 2. The third-order valence-electron chi connectivity index (χ3n) is 4.48. The number of benzene rings is 1. The van der Waals surface area contributed by atoms with E-state index < -0.39 is 29.6 Å². The van der Waals surface area contributed by atoms with Gasteiger partial charge in [0.1, 0.15) is 23.9 Å². The average molecular weight is 357 g/mol. The summed E-state index contributed by atoms with van der Waals surface area (Å²) in [6.07, 6.45) is -0.468. The highest BCUT2D eigenvalue weighted by atomic mass is 16.6. The number of likely N-dealkylation sites (tertiary alicyclic amines) is 1. The van der Waals surface area contributed by atoms with E-state index in [0.29, 0.717) is 5.75 Å². The second-order valence-electron chi connectivity index (χ2n) is 7.64. The van der Waals surface area contributed by atoms with Gasteiger partial charge in [0.05, 0.1) is 18.0 Å². The molecule has 0 unspecified atom stereocenters. The Balaban J connectivity index is 1.65. The quantitative estimate of drug-likeness (QED) is 0.874. The normalized spacial score (nSPS) is 24.4. The molecular weight excluding hydrogens is 334 g/mol. The maximum absolute atomic E-state index is 12.7. The van der Waals surface area contributed by atoms with Crippen molar-refractivity contribution in [2.24, 2.45) is 5.92 Å². The molecule has 1 aromatic carbocycles. The van der Waals surface area contributed by atoms with E-state index in [1.54, 1.807) is 20.8 Å². The van der Waals surface area contributed by atoms with Crippen LogP contribution in [0.5, 0.6) is 5.75 Å². The van der Waals surface area contributed by atoms with Gasteiger partial charge in [0.15, 0.2) is 0 Å². The Hall–Kier alpha value is -2.75. The molecule has 7 heteroatoms. The number of nitrogens with zero attached hydrogens (tertiary/aromatic N) is 2. The SMILES string of the molecule is CC(C)(C)OC(=O)N1C[C@H](C#N)[C@H](NC(=O)[C@H]2COc3ccccc32)C1. The number of nitriles is 1. The minimum atomic E-state index is -0.606. The highest BCUT2D eigenvalue weighted by Gasteiger charge is 2.40. The lowest BCUT2D eigenvalue weighted by Crippen LogP contribution is -2.43. The van der Waals surface area contributed by atoms with Crippen LogP contribution in [-0.4, -0.2) is 48.2 Å². The maximum atomic E-state index is 12.7. The molecule has 2 amide bonds. The van der Waals surface area contributed by atoms with Crippen LogP contribution >= 0.6 is 0 Å². The number of carbonyl (C=O) groups excluding carboxylic acids is 2. The number of para-hydroxylation sites is 1. The first-order valence-corrected chi connectivity index (χ1v) is 8.68. The van der Waals surface area contributed by atoms with Gasteiger partial charge in [0.25, 0.3) is 0 Å². The third-order valence-corrected chi connectivity index (χ3v) is 4.48. The molecule has 7 nitrogen and oxygen atoms in total. The molecule has 0 radical (unpaired) electrons. The van der Waals surface area contributed by atoms with E-state index in [1.165, 1.54) is 4.90 Å². The van der Waals surface area contributed by atoms with Gasteiger partial charge in [-0.1, -0.05) is 18.2 Å². The minimum Gasteiger partial charge on any atom is -0.492 e. The zero-order valence-electron chi connectivity index (χ0n) is 15.2. The number of hydrogen-bond donors (Lipinski definition) is 1. The van der Waals surface area contributed by atoms with Crippen LogP contribution in [0, 0.1) is 17.2 Å². The first kappa shape index (κ1) is 18.1. The van der Waals surface area contributed by atoms with Crippen LogP contribution in [0.1, 0.15) is 32.3 Å². The van der Waals surface area contributed by atoms with Gasteiger partial charge in [-0.05, 0) is 26.8 Å². The summed E-state index contributed by atoms with van der Waals surface area (Å²) in [5, 5.41) is 12.3. The minimum absolute atomic E-state index is 0.189. The van der Waals surface area contributed by atoms with Crippen LogP contribution in [0.4, 0.5) is 4.79 Å². The molecule has 1 fully saturated rings. The topological polar surface area (TPSA) is 91.7 Å². The lowest BCUT2D eigenvalue weighted by molar-refractivity contribution is -0.123. The van der Waals surface area contributed by atoms with Gasteiger partial charge in [-0.15, -0.1) is 0 Å². The fraction of sp³-hybridized carbons (Fsp3) is 0.526. The van der Waals surface area contributed by atoms with Gasteiger partial charge in [0, 0.05) is 18.7 Å². The van der Waals surface area contributed by atoms with E-state index in [9.17, 15) is 14.9 Å². The average Bonchev–Trinajstić information content (AvgIpc) is 3.17. The van der Waals surface area contributed by atoms with E-state index in [2.05, 4.69) is 11.4 Å². The Kier molecular flexibility index (Phi) is 4.77. The molecule has 26 heavy (non-hydrogen) atoms. The van der Waals surface area contributed by atoms with Crippen LogP contribution in [-0.2, 0) is 9.53 Å². The molecule has 2 aliphatic heterocycles.